The van der Waals surface area contributed by atoms with Crippen molar-refractivity contribution in [3.63, 3.8) is 0 Å². The highest BCUT2D eigenvalue weighted by atomic mass is 16.2. The molecule has 0 aliphatic rings. The molecule has 0 rings (SSSR count). The van der Waals surface area contributed by atoms with E-state index in [2.05, 4.69) is 11.8 Å². The number of aliphatic hydroxyl groups excluding tert-OH is 1. The lowest BCUT2D eigenvalue weighted by Crippen LogP contribution is -1.68. The summed E-state index contributed by atoms with van der Waals surface area (Å²) in [6.07, 6.45) is 4.69. The maximum atomic E-state index is 8.16. The van der Waals surface area contributed by atoms with Gasteiger partial charge >= 0.3 is 0 Å². The maximum absolute atomic E-state index is 8.16. The third kappa shape index (κ3) is 5.26. The van der Waals surface area contributed by atoms with Crippen LogP contribution in [0.15, 0.2) is 12.2 Å². The van der Waals surface area contributed by atoms with Crippen molar-refractivity contribution in [3.8, 4) is 11.8 Å². The van der Waals surface area contributed by atoms with E-state index in [4.69, 9.17) is 5.11 Å². The Labute approximate surface area is 50.0 Å². The van der Waals surface area contributed by atoms with Crippen LogP contribution in [0.4, 0.5) is 0 Å². The first-order chi connectivity index (χ1) is 3.91. The van der Waals surface area contributed by atoms with E-state index < -0.39 is 0 Å². The molecular formula is C7H10O. The SMILES string of the molecule is CCC=CC#CCO. The molecule has 0 spiro atoms. The van der Waals surface area contributed by atoms with Crippen LogP contribution < -0.4 is 0 Å². The lowest BCUT2D eigenvalue weighted by molar-refractivity contribution is 0.350. The highest BCUT2D eigenvalue weighted by Gasteiger charge is 1.59. The third-order valence-electron chi connectivity index (χ3n) is 0.618. The van der Waals surface area contributed by atoms with Gasteiger partial charge in [0, 0.05) is 0 Å². The van der Waals surface area contributed by atoms with Crippen molar-refractivity contribution in [2.45, 2.75) is 13.3 Å². The van der Waals surface area contributed by atoms with E-state index in [9.17, 15) is 0 Å². The molecule has 0 aromatic carbocycles. The normalized spacial score (nSPS) is 8.75. The van der Waals surface area contributed by atoms with Gasteiger partial charge in [-0.15, -0.1) is 0 Å². The second kappa shape index (κ2) is 6.26. The lowest BCUT2D eigenvalue weighted by Gasteiger charge is -1.69. The van der Waals surface area contributed by atoms with Crippen LogP contribution in [0.3, 0.4) is 0 Å². The van der Waals surface area contributed by atoms with Crippen LogP contribution in [0.5, 0.6) is 0 Å². The topological polar surface area (TPSA) is 20.2 Å². The van der Waals surface area contributed by atoms with E-state index in [1.54, 1.807) is 6.08 Å². The van der Waals surface area contributed by atoms with Gasteiger partial charge in [0.2, 0.25) is 0 Å². The zero-order valence-corrected chi connectivity index (χ0v) is 5.02. The van der Waals surface area contributed by atoms with Crippen molar-refractivity contribution < 1.29 is 5.11 Å². The fourth-order valence-electron chi connectivity index (χ4n) is 0.281. The summed E-state index contributed by atoms with van der Waals surface area (Å²) in [6, 6.07) is 0. The maximum Gasteiger partial charge on any atom is 0.104 e. The van der Waals surface area contributed by atoms with Crippen molar-refractivity contribution in [1.82, 2.24) is 0 Å². The summed E-state index contributed by atoms with van der Waals surface area (Å²) in [5.41, 5.74) is 0. The van der Waals surface area contributed by atoms with E-state index in [1.807, 2.05) is 13.0 Å². The Morgan fingerprint density at radius 3 is 2.88 bits per heavy atom. The second-order valence-electron chi connectivity index (χ2n) is 1.29. The number of hydrogen-bond acceptors (Lipinski definition) is 1. The lowest BCUT2D eigenvalue weighted by atomic mass is 10.4. The fourth-order valence-corrected chi connectivity index (χ4v) is 0.281. The van der Waals surface area contributed by atoms with Crippen LogP contribution in [-0.2, 0) is 0 Å². The zero-order valence-electron chi connectivity index (χ0n) is 5.02. The van der Waals surface area contributed by atoms with Gasteiger partial charge < -0.3 is 5.11 Å². The van der Waals surface area contributed by atoms with Crippen LogP contribution >= 0.6 is 0 Å². The minimum Gasteiger partial charge on any atom is -0.384 e. The summed E-state index contributed by atoms with van der Waals surface area (Å²) < 4.78 is 0. The predicted octanol–water partition coefficient (Wildman–Crippen LogP) is 0.948. The average Bonchev–Trinajstić information content (AvgIpc) is 1.81. The number of aliphatic hydroxyl groups is 1. The summed E-state index contributed by atoms with van der Waals surface area (Å²) in [5.74, 6) is 5.16. The smallest absolute Gasteiger partial charge is 0.104 e. The van der Waals surface area contributed by atoms with Gasteiger partial charge in [-0.25, -0.2) is 0 Å². The first-order valence-electron chi connectivity index (χ1n) is 2.66. The Kier molecular flexibility index (Phi) is 5.68. The molecule has 44 valence electrons. The van der Waals surface area contributed by atoms with Gasteiger partial charge in [0.05, 0.1) is 0 Å². The molecule has 0 saturated heterocycles. The molecule has 0 amide bonds. The van der Waals surface area contributed by atoms with Crippen molar-refractivity contribution in [1.29, 1.82) is 0 Å². The van der Waals surface area contributed by atoms with Crippen LogP contribution in [0, 0.1) is 11.8 Å². The first-order valence-corrected chi connectivity index (χ1v) is 2.66. The molecule has 0 aromatic rings. The monoisotopic (exact) mass is 110 g/mol. The van der Waals surface area contributed by atoms with Gasteiger partial charge in [0.1, 0.15) is 6.61 Å². The Bertz CT molecular complexity index is 114. The minimum atomic E-state index is -0.0476. The summed E-state index contributed by atoms with van der Waals surface area (Å²) in [6.45, 7) is 1.99. The fraction of sp³-hybridized carbons (Fsp3) is 0.429. The largest absolute Gasteiger partial charge is 0.384 e. The Morgan fingerprint density at radius 1 is 1.62 bits per heavy atom. The van der Waals surface area contributed by atoms with Gasteiger partial charge in [0.25, 0.3) is 0 Å². The molecule has 8 heavy (non-hydrogen) atoms. The summed E-state index contributed by atoms with van der Waals surface area (Å²) in [7, 11) is 0. The molecule has 0 fully saturated rings. The van der Waals surface area contributed by atoms with E-state index in [-0.39, 0.29) is 6.61 Å². The van der Waals surface area contributed by atoms with Crippen LogP contribution in [-0.4, -0.2) is 11.7 Å². The molecule has 0 atom stereocenters. The molecule has 0 bridgehead atoms. The van der Waals surface area contributed by atoms with Gasteiger partial charge in [-0.05, 0) is 12.5 Å². The molecule has 1 nitrogen and oxygen atoms in total. The van der Waals surface area contributed by atoms with Crippen molar-refractivity contribution in [2.24, 2.45) is 0 Å². The van der Waals surface area contributed by atoms with Gasteiger partial charge in [0.15, 0.2) is 0 Å². The molecule has 1 heteroatoms. The van der Waals surface area contributed by atoms with Crippen molar-refractivity contribution in [2.75, 3.05) is 6.61 Å². The number of allylic oxidation sites excluding steroid dienone is 2. The van der Waals surface area contributed by atoms with Crippen LogP contribution in [0.2, 0.25) is 0 Å². The Balaban J connectivity index is 3.26. The van der Waals surface area contributed by atoms with Gasteiger partial charge in [-0.3, -0.25) is 0 Å². The Hall–Kier alpha value is -0.740. The molecule has 0 saturated carbocycles. The molecule has 0 aromatic heterocycles. The first kappa shape index (κ1) is 7.26. The second-order valence-corrected chi connectivity index (χ2v) is 1.29. The standard InChI is InChI=1S/C7H10O/c1-2-3-4-5-6-7-8/h3-4,8H,2,7H2,1H3. The van der Waals surface area contributed by atoms with E-state index >= 15 is 0 Å². The quantitative estimate of drug-likeness (QED) is 0.498. The molecule has 0 radical (unpaired) electrons. The molecule has 1 N–H and O–H groups in total. The number of rotatable bonds is 1. The van der Waals surface area contributed by atoms with E-state index in [0.29, 0.717) is 0 Å². The minimum absolute atomic E-state index is 0.0476. The van der Waals surface area contributed by atoms with Crippen molar-refractivity contribution in [3.05, 3.63) is 12.2 Å². The molecule has 0 unspecified atom stereocenters. The molecule has 0 aliphatic heterocycles. The third-order valence-corrected chi connectivity index (χ3v) is 0.618. The van der Waals surface area contributed by atoms with Crippen molar-refractivity contribution >= 4 is 0 Å². The van der Waals surface area contributed by atoms with Gasteiger partial charge in [-0.1, -0.05) is 24.8 Å². The average molecular weight is 110 g/mol. The Morgan fingerprint density at radius 2 is 2.38 bits per heavy atom. The summed E-state index contributed by atoms with van der Waals surface area (Å²) >= 11 is 0. The highest BCUT2D eigenvalue weighted by molar-refractivity contribution is 5.14. The van der Waals surface area contributed by atoms with E-state index in [0.717, 1.165) is 6.42 Å². The molecule has 0 aliphatic carbocycles. The zero-order chi connectivity index (χ0) is 6.24. The number of hydrogen-bond donors (Lipinski definition) is 1. The summed E-state index contributed by atoms with van der Waals surface area (Å²) in [5, 5.41) is 8.16. The van der Waals surface area contributed by atoms with Gasteiger partial charge in [-0.2, -0.15) is 0 Å². The van der Waals surface area contributed by atoms with Crippen LogP contribution in [0.1, 0.15) is 13.3 Å². The predicted molar refractivity (Wildman–Crippen MR) is 34.3 cm³/mol. The molecule has 0 heterocycles. The summed E-state index contributed by atoms with van der Waals surface area (Å²) in [4.78, 5) is 0. The molecular weight excluding hydrogens is 100 g/mol. The van der Waals surface area contributed by atoms with E-state index in [1.165, 1.54) is 0 Å². The highest BCUT2D eigenvalue weighted by Crippen LogP contribution is 1.75. The van der Waals surface area contributed by atoms with Crippen LogP contribution in [0.25, 0.3) is 0 Å².